The zero-order valence-corrected chi connectivity index (χ0v) is 18.4. The van der Waals surface area contributed by atoms with Gasteiger partial charge < -0.3 is 10.6 Å². The summed E-state index contributed by atoms with van der Waals surface area (Å²) in [6.45, 7) is 0. The van der Waals surface area contributed by atoms with E-state index >= 15 is 0 Å². The van der Waals surface area contributed by atoms with Gasteiger partial charge in [-0.25, -0.2) is 4.98 Å². The van der Waals surface area contributed by atoms with Gasteiger partial charge in [0.05, 0.1) is 0 Å². The summed E-state index contributed by atoms with van der Waals surface area (Å²) in [6, 6.07) is 22.8. The Balaban J connectivity index is 1.59. The number of rotatable bonds is 5. The molecule has 35 heavy (non-hydrogen) atoms. The van der Waals surface area contributed by atoms with Crippen LogP contribution >= 0.6 is 0 Å². The van der Waals surface area contributed by atoms with Gasteiger partial charge >= 0.3 is 6.18 Å². The molecule has 2 heterocycles. The van der Waals surface area contributed by atoms with Crippen molar-refractivity contribution >= 4 is 40.4 Å². The third-order valence-electron chi connectivity index (χ3n) is 5.57. The fraction of sp³-hybridized carbons (Fsp3) is 0.115. The number of nitrogens with one attached hydrogen (secondary N) is 2. The quantitative estimate of drug-likeness (QED) is 0.341. The summed E-state index contributed by atoms with van der Waals surface area (Å²) >= 11 is 0. The highest BCUT2D eigenvalue weighted by Gasteiger charge is 2.37. The first kappa shape index (κ1) is 22.4. The van der Waals surface area contributed by atoms with E-state index in [1.165, 1.54) is 4.90 Å². The minimum atomic E-state index is -4.67. The topological polar surface area (TPSA) is 70.2 Å². The van der Waals surface area contributed by atoms with E-state index in [9.17, 15) is 18.0 Å². The molecule has 0 bridgehead atoms. The predicted octanol–water partition coefficient (Wildman–Crippen LogP) is 6.59. The number of fused-ring (bicyclic) bond motifs is 1. The zero-order chi connectivity index (χ0) is 24.4. The van der Waals surface area contributed by atoms with Crippen molar-refractivity contribution in [2.24, 2.45) is 0 Å². The fourth-order valence-electron chi connectivity index (χ4n) is 3.94. The number of aryl methyl sites for hydroxylation is 1. The molecule has 0 spiro atoms. The number of nitrogens with zero attached hydrogens (tertiary/aromatic N) is 3. The average Bonchev–Trinajstić information content (AvgIpc) is 2.85. The molecular weight excluding hydrogens is 455 g/mol. The highest BCUT2D eigenvalue weighted by molar-refractivity contribution is 5.94. The van der Waals surface area contributed by atoms with Crippen LogP contribution in [-0.2, 0) is 17.4 Å². The monoisotopic (exact) mass is 475 g/mol. The number of anilines is 6. The van der Waals surface area contributed by atoms with Gasteiger partial charge in [0.1, 0.15) is 5.56 Å². The number of amides is 1. The van der Waals surface area contributed by atoms with Crippen LogP contribution in [-0.4, -0.2) is 15.9 Å². The normalized spacial score (nSPS) is 13.1. The first-order chi connectivity index (χ1) is 16.9. The molecule has 4 aromatic rings. The van der Waals surface area contributed by atoms with E-state index in [-0.39, 0.29) is 17.7 Å². The highest BCUT2D eigenvalue weighted by atomic mass is 19.4. The Morgan fingerprint density at radius 3 is 2.17 bits per heavy atom. The average molecular weight is 475 g/mol. The van der Waals surface area contributed by atoms with Crippen LogP contribution in [0.2, 0.25) is 0 Å². The Labute approximate surface area is 199 Å². The highest BCUT2D eigenvalue weighted by Crippen LogP contribution is 2.42. The lowest BCUT2D eigenvalue weighted by Gasteiger charge is -2.27. The van der Waals surface area contributed by atoms with Crippen LogP contribution in [0.15, 0.2) is 85.1 Å². The Kier molecular flexibility index (Phi) is 5.82. The maximum atomic E-state index is 14.1. The summed E-state index contributed by atoms with van der Waals surface area (Å²) in [5, 5.41) is 5.82. The second-order valence-corrected chi connectivity index (χ2v) is 7.98. The van der Waals surface area contributed by atoms with Crippen molar-refractivity contribution < 1.29 is 18.0 Å². The number of aromatic nitrogens is 2. The lowest BCUT2D eigenvalue weighted by Crippen LogP contribution is -2.20. The minimum Gasteiger partial charge on any atom is -0.326 e. The van der Waals surface area contributed by atoms with E-state index < -0.39 is 11.7 Å². The predicted molar refractivity (Wildman–Crippen MR) is 128 cm³/mol. The smallest absolute Gasteiger partial charge is 0.326 e. The molecule has 3 aromatic carbocycles. The van der Waals surface area contributed by atoms with Gasteiger partial charge in [0.15, 0.2) is 5.82 Å². The van der Waals surface area contributed by atoms with Crippen LogP contribution in [0, 0.1) is 0 Å². The first-order valence-electron chi connectivity index (χ1n) is 10.9. The van der Waals surface area contributed by atoms with Gasteiger partial charge in [0, 0.05) is 35.4 Å². The molecule has 0 radical (unpaired) electrons. The van der Waals surface area contributed by atoms with E-state index in [0.29, 0.717) is 29.9 Å². The molecule has 2 N–H and O–H groups in total. The summed E-state index contributed by atoms with van der Waals surface area (Å²) in [6.07, 6.45) is -2.92. The van der Waals surface area contributed by atoms with E-state index in [0.717, 1.165) is 17.4 Å². The summed E-state index contributed by atoms with van der Waals surface area (Å²) in [5.74, 6) is -0.321. The molecular formula is C26H20F3N5O. The van der Waals surface area contributed by atoms with Crippen molar-refractivity contribution in [3.8, 4) is 0 Å². The van der Waals surface area contributed by atoms with Crippen molar-refractivity contribution in [3.63, 3.8) is 0 Å². The number of benzene rings is 3. The van der Waals surface area contributed by atoms with Crippen LogP contribution in [0.3, 0.4) is 0 Å². The molecule has 0 atom stereocenters. The fourth-order valence-corrected chi connectivity index (χ4v) is 3.94. The molecule has 0 unspecified atom stereocenters. The van der Waals surface area contributed by atoms with Gasteiger partial charge in [-0.2, -0.15) is 18.2 Å². The zero-order valence-electron chi connectivity index (χ0n) is 18.4. The van der Waals surface area contributed by atoms with Crippen molar-refractivity contribution in [2.45, 2.75) is 19.0 Å². The van der Waals surface area contributed by atoms with Crippen LogP contribution in [0.25, 0.3) is 0 Å². The maximum absolute atomic E-state index is 14.1. The molecule has 0 fully saturated rings. The van der Waals surface area contributed by atoms with E-state index in [2.05, 4.69) is 20.6 Å². The van der Waals surface area contributed by atoms with E-state index in [1.54, 1.807) is 72.8 Å². The molecule has 1 aliphatic rings. The van der Waals surface area contributed by atoms with Crippen molar-refractivity contribution in [1.82, 2.24) is 9.97 Å². The van der Waals surface area contributed by atoms with E-state index in [1.807, 2.05) is 6.07 Å². The Morgan fingerprint density at radius 2 is 1.54 bits per heavy atom. The van der Waals surface area contributed by atoms with Crippen LogP contribution < -0.4 is 15.5 Å². The summed E-state index contributed by atoms with van der Waals surface area (Å²) in [5.41, 5.74) is 2.36. The van der Waals surface area contributed by atoms with Crippen LogP contribution in [0.4, 0.5) is 47.7 Å². The van der Waals surface area contributed by atoms with Gasteiger partial charge in [-0.05, 0) is 54.4 Å². The summed E-state index contributed by atoms with van der Waals surface area (Å²) in [4.78, 5) is 21.3. The van der Waals surface area contributed by atoms with Crippen LogP contribution in [0.1, 0.15) is 17.5 Å². The molecule has 176 valence electrons. The largest absolute Gasteiger partial charge is 0.421 e. The number of alkyl halides is 3. The molecule has 1 amide bonds. The number of halogens is 3. The first-order valence-corrected chi connectivity index (χ1v) is 10.9. The van der Waals surface area contributed by atoms with Crippen molar-refractivity contribution in [1.29, 1.82) is 0 Å². The standard InChI is InChI=1S/C26H20F3N5O/c27-26(28,29)21-16-30-25(31-18-12-13-22-17(15-18)11-14-23(35)32-22)33-24(21)34(19-7-3-1-4-8-19)20-9-5-2-6-10-20/h1-10,12-13,15-16H,11,14H2,(H,32,35)(H,30,31,33). The molecule has 9 heteroatoms. The summed E-state index contributed by atoms with van der Waals surface area (Å²) in [7, 11) is 0. The molecule has 0 saturated heterocycles. The Morgan fingerprint density at radius 1 is 0.886 bits per heavy atom. The molecule has 5 rings (SSSR count). The molecule has 0 saturated carbocycles. The lowest BCUT2D eigenvalue weighted by atomic mass is 10.0. The molecule has 1 aromatic heterocycles. The molecule has 6 nitrogen and oxygen atoms in total. The van der Waals surface area contributed by atoms with Crippen molar-refractivity contribution in [3.05, 3.63) is 96.2 Å². The SMILES string of the molecule is O=C1CCc2cc(Nc3ncc(C(F)(F)F)c(N(c4ccccc4)c4ccccc4)n3)ccc2N1. The minimum absolute atomic E-state index is 0.0182. The van der Waals surface area contributed by atoms with Gasteiger partial charge in [0.25, 0.3) is 0 Å². The third-order valence-corrected chi connectivity index (χ3v) is 5.57. The van der Waals surface area contributed by atoms with Gasteiger partial charge in [-0.15, -0.1) is 0 Å². The molecule has 1 aliphatic heterocycles. The van der Waals surface area contributed by atoms with Gasteiger partial charge in [0.2, 0.25) is 11.9 Å². The lowest BCUT2D eigenvalue weighted by molar-refractivity contribution is -0.137. The maximum Gasteiger partial charge on any atom is 0.421 e. The third kappa shape index (κ3) is 4.79. The van der Waals surface area contributed by atoms with E-state index in [4.69, 9.17) is 0 Å². The second-order valence-electron chi connectivity index (χ2n) is 7.98. The second kappa shape index (κ2) is 9.09. The Bertz CT molecular complexity index is 1320. The van der Waals surface area contributed by atoms with Gasteiger partial charge in [-0.3, -0.25) is 9.69 Å². The number of hydrogen-bond acceptors (Lipinski definition) is 5. The van der Waals surface area contributed by atoms with Crippen molar-refractivity contribution in [2.75, 3.05) is 15.5 Å². The molecule has 0 aliphatic carbocycles. The summed E-state index contributed by atoms with van der Waals surface area (Å²) < 4.78 is 42.2. The Hall–Kier alpha value is -4.40. The number of hydrogen-bond donors (Lipinski definition) is 2. The number of para-hydroxylation sites is 2. The van der Waals surface area contributed by atoms with Crippen LogP contribution in [0.5, 0.6) is 0 Å². The number of carbonyl (C=O) groups excluding carboxylic acids is 1. The number of carbonyl (C=O) groups is 1. The van der Waals surface area contributed by atoms with Gasteiger partial charge in [-0.1, -0.05) is 36.4 Å².